The summed E-state index contributed by atoms with van der Waals surface area (Å²) in [5, 5.41) is 0. The maximum Gasteiger partial charge on any atom is 0.0143 e. The molecule has 0 rings (SSSR count). The molecule has 0 amide bonds. The zero-order valence-electron chi connectivity index (χ0n) is 8.73. The SMILES string of the molecule is CCN(C)/C(C)=C/C(C)(C)C. The van der Waals surface area contributed by atoms with Crippen molar-refractivity contribution in [3.8, 4) is 0 Å². The van der Waals surface area contributed by atoms with Crippen molar-refractivity contribution in [3.05, 3.63) is 11.8 Å². The summed E-state index contributed by atoms with van der Waals surface area (Å²) in [6.45, 7) is 12.1. The van der Waals surface area contributed by atoms with Gasteiger partial charge >= 0.3 is 0 Å². The fraction of sp³-hybridized carbons (Fsp3) is 0.800. The van der Waals surface area contributed by atoms with E-state index in [9.17, 15) is 0 Å². The van der Waals surface area contributed by atoms with Crippen molar-refractivity contribution in [2.75, 3.05) is 13.6 Å². The summed E-state index contributed by atoms with van der Waals surface area (Å²) in [6, 6.07) is 0. The van der Waals surface area contributed by atoms with E-state index in [1.807, 2.05) is 0 Å². The van der Waals surface area contributed by atoms with Crippen LogP contribution in [-0.2, 0) is 0 Å². The van der Waals surface area contributed by atoms with Gasteiger partial charge in [-0.05, 0) is 19.3 Å². The van der Waals surface area contributed by atoms with Crippen LogP contribution in [0, 0.1) is 5.41 Å². The van der Waals surface area contributed by atoms with Crippen LogP contribution in [0.15, 0.2) is 11.8 Å². The van der Waals surface area contributed by atoms with Crippen LogP contribution in [0.3, 0.4) is 0 Å². The summed E-state index contributed by atoms with van der Waals surface area (Å²) in [7, 11) is 2.12. The Hall–Kier alpha value is -0.460. The molecule has 0 unspecified atom stereocenters. The molecule has 0 N–H and O–H groups in total. The van der Waals surface area contributed by atoms with Crippen molar-refractivity contribution in [3.63, 3.8) is 0 Å². The predicted molar refractivity (Wildman–Crippen MR) is 51.5 cm³/mol. The van der Waals surface area contributed by atoms with Gasteiger partial charge in [-0.2, -0.15) is 0 Å². The van der Waals surface area contributed by atoms with Crippen LogP contribution in [-0.4, -0.2) is 18.5 Å². The third-order valence-corrected chi connectivity index (χ3v) is 1.72. The van der Waals surface area contributed by atoms with Crippen molar-refractivity contribution < 1.29 is 0 Å². The molecule has 0 aromatic heterocycles. The topological polar surface area (TPSA) is 3.24 Å². The van der Waals surface area contributed by atoms with E-state index in [0.29, 0.717) is 5.41 Å². The van der Waals surface area contributed by atoms with Crippen LogP contribution < -0.4 is 0 Å². The summed E-state index contributed by atoms with van der Waals surface area (Å²) in [5.41, 5.74) is 1.66. The standard InChI is InChI=1S/C10H21N/c1-7-11(6)9(2)8-10(3,4)5/h8H,7H2,1-6H3/b9-8+. The van der Waals surface area contributed by atoms with Gasteiger partial charge in [0.25, 0.3) is 0 Å². The van der Waals surface area contributed by atoms with E-state index >= 15 is 0 Å². The highest BCUT2D eigenvalue weighted by molar-refractivity contribution is 5.02. The first kappa shape index (κ1) is 10.5. The largest absolute Gasteiger partial charge is 0.379 e. The Morgan fingerprint density at radius 2 is 1.82 bits per heavy atom. The summed E-state index contributed by atoms with van der Waals surface area (Å²) >= 11 is 0. The molecule has 0 heterocycles. The molecule has 0 aliphatic carbocycles. The minimum absolute atomic E-state index is 0.299. The molecular formula is C10H21N. The van der Waals surface area contributed by atoms with Gasteiger partial charge in [0.1, 0.15) is 0 Å². The Labute approximate surface area is 71.1 Å². The first-order chi connectivity index (χ1) is 4.87. The molecule has 0 aromatic carbocycles. The number of hydrogen-bond acceptors (Lipinski definition) is 1. The van der Waals surface area contributed by atoms with Crippen molar-refractivity contribution >= 4 is 0 Å². The average molecular weight is 155 g/mol. The molecule has 0 bridgehead atoms. The second-order valence-corrected chi connectivity index (χ2v) is 4.17. The van der Waals surface area contributed by atoms with E-state index < -0.39 is 0 Å². The van der Waals surface area contributed by atoms with Crippen molar-refractivity contribution in [2.24, 2.45) is 5.41 Å². The van der Waals surface area contributed by atoms with Crippen molar-refractivity contribution in [1.29, 1.82) is 0 Å². The monoisotopic (exact) mass is 155 g/mol. The van der Waals surface area contributed by atoms with Gasteiger partial charge < -0.3 is 4.90 Å². The predicted octanol–water partition coefficient (Wildman–Crippen LogP) is 2.89. The molecule has 0 spiro atoms. The van der Waals surface area contributed by atoms with Gasteiger partial charge in [0.15, 0.2) is 0 Å². The average Bonchev–Trinajstić information content (AvgIpc) is 1.82. The maximum absolute atomic E-state index is 2.30. The molecule has 1 heteroatoms. The second kappa shape index (κ2) is 3.80. The number of rotatable bonds is 2. The van der Waals surface area contributed by atoms with Gasteiger partial charge in [0, 0.05) is 19.3 Å². The van der Waals surface area contributed by atoms with Crippen LogP contribution >= 0.6 is 0 Å². The van der Waals surface area contributed by atoms with E-state index in [1.165, 1.54) is 5.70 Å². The zero-order chi connectivity index (χ0) is 9.07. The smallest absolute Gasteiger partial charge is 0.0143 e. The fourth-order valence-corrected chi connectivity index (χ4v) is 0.986. The molecule has 0 aliphatic heterocycles. The lowest BCUT2D eigenvalue weighted by Gasteiger charge is -2.21. The first-order valence-corrected chi connectivity index (χ1v) is 4.27. The van der Waals surface area contributed by atoms with E-state index in [1.54, 1.807) is 0 Å². The van der Waals surface area contributed by atoms with Crippen LogP contribution in [0.4, 0.5) is 0 Å². The van der Waals surface area contributed by atoms with Gasteiger partial charge in [-0.3, -0.25) is 0 Å². The Morgan fingerprint density at radius 1 is 1.36 bits per heavy atom. The lowest BCUT2D eigenvalue weighted by atomic mass is 9.95. The Kier molecular flexibility index (Phi) is 3.64. The molecule has 0 fully saturated rings. The lowest BCUT2D eigenvalue weighted by Crippen LogP contribution is -2.17. The normalized spacial score (nSPS) is 13.5. The van der Waals surface area contributed by atoms with E-state index in [4.69, 9.17) is 0 Å². The third-order valence-electron chi connectivity index (χ3n) is 1.72. The maximum atomic E-state index is 2.30. The van der Waals surface area contributed by atoms with Gasteiger partial charge in [0.2, 0.25) is 0 Å². The van der Waals surface area contributed by atoms with Gasteiger partial charge in [-0.15, -0.1) is 0 Å². The van der Waals surface area contributed by atoms with Gasteiger partial charge in [-0.1, -0.05) is 26.8 Å². The molecular weight excluding hydrogens is 134 g/mol. The minimum atomic E-state index is 0.299. The highest BCUT2D eigenvalue weighted by Crippen LogP contribution is 2.18. The minimum Gasteiger partial charge on any atom is -0.379 e. The molecule has 11 heavy (non-hydrogen) atoms. The zero-order valence-corrected chi connectivity index (χ0v) is 8.73. The summed E-state index contributed by atoms with van der Waals surface area (Å²) in [4.78, 5) is 2.26. The highest BCUT2D eigenvalue weighted by atomic mass is 15.1. The number of allylic oxidation sites excluding steroid dienone is 2. The van der Waals surface area contributed by atoms with E-state index in [0.717, 1.165) is 6.54 Å². The van der Waals surface area contributed by atoms with Crippen LogP contribution in [0.2, 0.25) is 0 Å². The quantitative estimate of drug-likeness (QED) is 0.592. The summed E-state index contributed by atoms with van der Waals surface area (Å²) in [5.74, 6) is 0. The molecule has 1 nitrogen and oxygen atoms in total. The fourth-order valence-electron chi connectivity index (χ4n) is 0.986. The van der Waals surface area contributed by atoms with Crippen LogP contribution in [0.1, 0.15) is 34.6 Å². The van der Waals surface area contributed by atoms with Crippen LogP contribution in [0.5, 0.6) is 0 Å². The van der Waals surface area contributed by atoms with Crippen molar-refractivity contribution in [2.45, 2.75) is 34.6 Å². The molecule has 0 aromatic rings. The van der Waals surface area contributed by atoms with Gasteiger partial charge in [-0.25, -0.2) is 0 Å². The highest BCUT2D eigenvalue weighted by Gasteiger charge is 2.07. The summed E-state index contributed by atoms with van der Waals surface area (Å²) < 4.78 is 0. The molecule has 0 saturated carbocycles. The Morgan fingerprint density at radius 3 is 2.09 bits per heavy atom. The molecule has 0 radical (unpaired) electrons. The van der Waals surface area contributed by atoms with Gasteiger partial charge in [0.05, 0.1) is 0 Å². The third kappa shape index (κ3) is 4.88. The van der Waals surface area contributed by atoms with E-state index in [2.05, 4.69) is 52.6 Å². The number of hydrogen-bond donors (Lipinski definition) is 0. The summed E-state index contributed by atoms with van der Waals surface area (Å²) in [6.07, 6.45) is 2.30. The molecule has 0 atom stereocenters. The Bertz CT molecular complexity index is 139. The van der Waals surface area contributed by atoms with Crippen molar-refractivity contribution in [1.82, 2.24) is 4.90 Å². The first-order valence-electron chi connectivity index (χ1n) is 4.27. The molecule has 0 saturated heterocycles. The van der Waals surface area contributed by atoms with E-state index in [-0.39, 0.29) is 0 Å². The molecule has 0 aliphatic rings. The lowest BCUT2D eigenvalue weighted by molar-refractivity contribution is 0.423. The second-order valence-electron chi connectivity index (χ2n) is 4.17. The Balaban J connectivity index is 4.22. The molecule has 66 valence electrons. The van der Waals surface area contributed by atoms with Crippen LogP contribution in [0.25, 0.3) is 0 Å². The number of nitrogens with zero attached hydrogens (tertiary/aromatic N) is 1.